The number of nitrogens with two attached hydrogens (primary N) is 1. The third kappa shape index (κ3) is 4.72. The highest BCUT2D eigenvalue weighted by atomic mass is 35.5. The molecule has 28 heavy (non-hydrogen) atoms. The highest BCUT2D eigenvalue weighted by molar-refractivity contribution is 6.30. The number of esters is 1. The lowest BCUT2D eigenvalue weighted by molar-refractivity contribution is -0.118. The molecule has 0 saturated carbocycles. The van der Waals surface area contributed by atoms with Crippen LogP contribution in [0.2, 0.25) is 5.02 Å². The Morgan fingerprint density at radius 2 is 1.82 bits per heavy atom. The number of nitrogens with zero attached hydrogens (tertiary/aromatic N) is 1. The Kier molecular flexibility index (Phi) is 6.85. The first-order valence-electron chi connectivity index (χ1n) is 8.78. The number of methoxy groups -OCH3 is 1. The number of aromatic nitrogens is 1. The summed E-state index contributed by atoms with van der Waals surface area (Å²) in [6, 6.07) is 4.51. The number of pyridine rings is 1. The number of carbonyl (C=O) groups is 2. The topological polar surface area (TPSA) is 104 Å². The number of hydrogen-bond acceptors (Lipinski definition) is 6. The van der Waals surface area contributed by atoms with E-state index in [0.29, 0.717) is 28.6 Å². The van der Waals surface area contributed by atoms with Crippen molar-refractivity contribution in [3.8, 4) is 11.6 Å². The summed E-state index contributed by atoms with van der Waals surface area (Å²) in [5.41, 5.74) is 8.06. The first-order valence-corrected chi connectivity index (χ1v) is 9.16. The molecule has 0 bridgehead atoms. The predicted octanol–water partition coefficient (Wildman–Crippen LogP) is 3.91. The monoisotopic (exact) mass is 405 g/mol. The van der Waals surface area contributed by atoms with Crippen LogP contribution in [0.25, 0.3) is 0 Å². The van der Waals surface area contributed by atoms with E-state index in [9.17, 15) is 9.59 Å². The zero-order valence-electron chi connectivity index (χ0n) is 16.6. The maximum Gasteiger partial charge on any atom is 0.345 e. The van der Waals surface area contributed by atoms with Crippen molar-refractivity contribution in [1.29, 1.82) is 0 Å². The average Bonchev–Trinajstić information content (AvgIpc) is 2.61. The third-order valence-electron chi connectivity index (χ3n) is 4.21. The predicted molar refractivity (Wildman–Crippen MR) is 108 cm³/mol. The van der Waals surface area contributed by atoms with Gasteiger partial charge in [-0.3, -0.25) is 4.79 Å². The number of benzene rings is 1. The number of carbonyl (C=O) groups excluding carboxylic acids is 2. The van der Waals surface area contributed by atoms with Crippen molar-refractivity contribution in [2.45, 2.75) is 40.2 Å². The smallest absolute Gasteiger partial charge is 0.345 e. The summed E-state index contributed by atoms with van der Waals surface area (Å²) in [5.74, 6) is -0.559. The molecular formula is C20H24ClN3O4. The molecule has 0 fully saturated rings. The quantitative estimate of drug-likeness (QED) is 0.676. The van der Waals surface area contributed by atoms with Crippen LogP contribution in [0.15, 0.2) is 18.2 Å². The number of aryl methyl sites for hydroxylation is 3. The molecule has 1 atom stereocenters. The zero-order valence-corrected chi connectivity index (χ0v) is 17.3. The minimum atomic E-state index is -0.655. The summed E-state index contributed by atoms with van der Waals surface area (Å²) in [7, 11) is 1.26. The summed E-state index contributed by atoms with van der Waals surface area (Å²) >= 11 is 6.08. The van der Waals surface area contributed by atoms with Crippen molar-refractivity contribution >= 4 is 29.2 Å². The SMILES string of the molecule is CCC(Nc1cc(C)nc(Oc2c(C)cc(Cl)cc2C)c1C(=O)OC)C(N)=O. The summed E-state index contributed by atoms with van der Waals surface area (Å²) in [6.45, 7) is 7.26. The minimum Gasteiger partial charge on any atom is -0.465 e. The Morgan fingerprint density at radius 3 is 2.32 bits per heavy atom. The van der Waals surface area contributed by atoms with Crippen molar-refractivity contribution in [2.75, 3.05) is 12.4 Å². The number of amides is 1. The molecule has 0 aliphatic carbocycles. The number of ether oxygens (including phenoxy) is 2. The van der Waals surface area contributed by atoms with Crippen LogP contribution in [-0.4, -0.2) is 30.0 Å². The largest absolute Gasteiger partial charge is 0.465 e. The molecule has 7 nitrogen and oxygen atoms in total. The van der Waals surface area contributed by atoms with Crippen LogP contribution in [0.5, 0.6) is 11.6 Å². The second-order valence-electron chi connectivity index (χ2n) is 6.46. The Balaban J connectivity index is 2.61. The molecule has 1 unspecified atom stereocenters. The number of nitrogens with one attached hydrogen (secondary N) is 1. The molecule has 0 aliphatic heterocycles. The molecule has 1 aromatic carbocycles. The van der Waals surface area contributed by atoms with E-state index in [0.717, 1.165) is 11.1 Å². The second-order valence-corrected chi connectivity index (χ2v) is 6.90. The van der Waals surface area contributed by atoms with Gasteiger partial charge in [0.1, 0.15) is 17.4 Å². The maximum absolute atomic E-state index is 12.5. The van der Waals surface area contributed by atoms with Crippen LogP contribution in [0.4, 0.5) is 5.69 Å². The Morgan fingerprint density at radius 1 is 1.21 bits per heavy atom. The average molecular weight is 406 g/mol. The number of anilines is 1. The van der Waals surface area contributed by atoms with Crippen LogP contribution in [0, 0.1) is 20.8 Å². The lowest BCUT2D eigenvalue weighted by atomic mass is 10.1. The van der Waals surface area contributed by atoms with E-state index in [-0.39, 0.29) is 11.4 Å². The van der Waals surface area contributed by atoms with E-state index < -0.39 is 17.9 Å². The molecule has 1 heterocycles. The highest BCUT2D eigenvalue weighted by Gasteiger charge is 2.25. The van der Waals surface area contributed by atoms with E-state index in [1.807, 2.05) is 20.8 Å². The summed E-state index contributed by atoms with van der Waals surface area (Å²) in [6.07, 6.45) is 0.447. The Labute approximate surface area is 169 Å². The first kappa shape index (κ1) is 21.5. The summed E-state index contributed by atoms with van der Waals surface area (Å²) in [4.78, 5) is 28.5. The molecule has 0 aliphatic rings. The third-order valence-corrected chi connectivity index (χ3v) is 4.43. The number of rotatable bonds is 7. The molecule has 1 aromatic heterocycles. The maximum atomic E-state index is 12.5. The molecule has 2 rings (SSSR count). The first-order chi connectivity index (χ1) is 13.2. The summed E-state index contributed by atoms with van der Waals surface area (Å²) in [5, 5.41) is 3.59. The van der Waals surface area contributed by atoms with Crippen LogP contribution in [0.1, 0.15) is 40.5 Å². The fourth-order valence-electron chi connectivity index (χ4n) is 2.85. The van der Waals surface area contributed by atoms with Gasteiger partial charge in [0.2, 0.25) is 11.8 Å². The molecule has 150 valence electrons. The van der Waals surface area contributed by atoms with Crippen molar-refractivity contribution in [1.82, 2.24) is 4.98 Å². The number of hydrogen-bond donors (Lipinski definition) is 2. The van der Waals surface area contributed by atoms with Gasteiger partial charge in [-0.25, -0.2) is 9.78 Å². The van der Waals surface area contributed by atoms with Crippen LogP contribution in [0.3, 0.4) is 0 Å². The molecule has 0 saturated heterocycles. The van der Waals surface area contributed by atoms with E-state index in [1.54, 1.807) is 25.1 Å². The van der Waals surface area contributed by atoms with Gasteiger partial charge in [0.05, 0.1) is 12.8 Å². The Bertz CT molecular complexity index is 892. The van der Waals surface area contributed by atoms with Crippen molar-refractivity contribution in [3.05, 3.63) is 45.6 Å². The zero-order chi connectivity index (χ0) is 21.0. The van der Waals surface area contributed by atoms with Crippen molar-refractivity contribution in [3.63, 3.8) is 0 Å². The van der Waals surface area contributed by atoms with Gasteiger partial charge < -0.3 is 20.5 Å². The van der Waals surface area contributed by atoms with E-state index in [2.05, 4.69) is 10.3 Å². The Hall–Kier alpha value is -2.80. The molecule has 1 amide bonds. The minimum absolute atomic E-state index is 0.0715. The molecule has 8 heteroatoms. The van der Waals surface area contributed by atoms with Crippen LogP contribution < -0.4 is 15.8 Å². The molecule has 3 N–H and O–H groups in total. The van der Waals surface area contributed by atoms with E-state index in [4.69, 9.17) is 26.8 Å². The van der Waals surface area contributed by atoms with Gasteiger partial charge in [0.15, 0.2) is 0 Å². The van der Waals surface area contributed by atoms with Gasteiger partial charge in [0.25, 0.3) is 0 Å². The number of halogens is 1. The van der Waals surface area contributed by atoms with E-state index in [1.165, 1.54) is 7.11 Å². The van der Waals surface area contributed by atoms with Gasteiger partial charge in [0, 0.05) is 10.7 Å². The normalized spacial score (nSPS) is 11.6. The van der Waals surface area contributed by atoms with Gasteiger partial charge in [-0.1, -0.05) is 18.5 Å². The lowest BCUT2D eigenvalue weighted by Gasteiger charge is -2.20. The molecule has 0 spiro atoms. The van der Waals surface area contributed by atoms with Gasteiger partial charge in [-0.15, -0.1) is 0 Å². The van der Waals surface area contributed by atoms with Gasteiger partial charge in [-0.2, -0.15) is 0 Å². The van der Waals surface area contributed by atoms with Gasteiger partial charge in [-0.05, 0) is 56.5 Å². The van der Waals surface area contributed by atoms with E-state index >= 15 is 0 Å². The second kappa shape index (κ2) is 8.93. The standard InChI is InChI=1S/C20H24ClN3O4/c1-6-14(18(22)25)24-15-9-12(4)23-19(16(15)20(26)27-5)28-17-10(2)7-13(21)8-11(17)3/h7-9,14H,6H2,1-5H3,(H2,22,25)(H,23,24). The lowest BCUT2D eigenvalue weighted by Crippen LogP contribution is -2.35. The van der Waals surface area contributed by atoms with Gasteiger partial charge >= 0.3 is 5.97 Å². The van der Waals surface area contributed by atoms with Crippen LogP contribution >= 0.6 is 11.6 Å². The molecule has 0 radical (unpaired) electrons. The highest BCUT2D eigenvalue weighted by Crippen LogP contribution is 2.35. The van der Waals surface area contributed by atoms with Crippen LogP contribution in [-0.2, 0) is 9.53 Å². The van der Waals surface area contributed by atoms with Crippen molar-refractivity contribution in [2.24, 2.45) is 5.73 Å². The number of primary amides is 1. The summed E-state index contributed by atoms with van der Waals surface area (Å²) < 4.78 is 10.9. The molecule has 2 aromatic rings. The fraction of sp³-hybridized carbons (Fsp3) is 0.350. The van der Waals surface area contributed by atoms with Crippen molar-refractivity contribution < 1.29 is 19.1 Å². The fourth-order valence-corrected chi connectivity index (χ4v) is 3.18. The molecular weight excluding hydrogens is 382 g/mol.